The largest absolute Gasteiger partial charge is 0.465 e. The zero-order valence-corrected chi connectivity index (χ0v) is 10.6. The van der Waals surface area contributed by atoms with Gasteiger partial charge in [-0.1, -0.05) is 0 Å². The van der Waals surface area contributed by atoms with Crippen molar-refractivity contribution in [2.75, 3.05) is 24.3 Å². The molecule has 2 N–H and O–H groups in total. The third-order valence-electron chi connectivity index (χ3n) is 3.10. The summed E-state index contributed by atoms with van der Waals surface area (Å²) in [5.74, 6) is 1.96. The van der Waals surface area contributed by atoms with Crippen LogP contribution in [0.3, 0.4) is 0 Å². The maximum absolute atomic E-state index is 11.9. The number of hydrogen-bond donors (Lipinski definition) is 1. The molecule has 1 fully saturated rings. The lowest BCUT2D eigenvalue weighted by Crippen LogP contribution is -2.25. The van der Waals surface area contributed by atoms with Gasteiger partial charge in [-0.05, 0) is 18.2 Å². The van der Waals surface area contributed by atoms with Crippen LogP contribution in [0.5, 0.6) is 0 Å². The molecular formula is C14H14N2O3. The Hall–Kier alpha value is -2.48. The Bertz CT molecular complexity index is 575. The standard InChI is InChI=1S/C14H14N2O3/c1-3-9-6-13(17)16(8-9)12-5-4-10(7-11(12)15)14(18)19-2/h1,4-5,7,9H,6,8,15H2,2H3. The lowest BCUT2D eigenvalue weighted by molar-refractivity contribution is -0.117. The Morgan fingerprint density at radius 2 is 2.32 bits per heavy atom. The fraction of sp³-hybridized carbons (Fsp3) is 0.286. The van der Waals surface area contributed by atoms with E-state index in [-0.39, 0.29) is 11.8 Å². The summed E-state index contributed by atoms with van der Waals surface area (Å²) in [5.41, 5.74) is 7.17. The van der Waals surface area contributed by atoms with Crippen molar-refractivity contribution in [3.05, 3.63) is 23.8 Å². The van der Waals surface area contributed by atoms with Gasteiger partial charge in [-0.3, -0.25) is 4.79 Å². The number of terminal acetylenes is 1. The molecule has 2 rings (SSSR count). The first-order valence-corrected chi connectivity index (χ1v) is 5.81. The predicted octanol–water partition coefficient (Wildman–Crippen LogP) is 1.04. The van der Waals surface area contributed by atoms with Crippen LogP contribution in [0.1, 0.15) is 16.8 Å². The van der Waals surface area contributed by atoms with E-state index in [1.807, 2.05) is 0 Å². The second-order valence-electron chi connectivity index (χ2n) is 4.34. The number of nitrogens with zero attached hydrogens (tertiary/aromatic N) is 1. The van der Waals surface area contributed by atoms with Gasteiger partial charge in [0.15, 0.2) is 0 Å². The molecule has 19 heavy (non-hydrogen) atoms. The van der Waals surface area contributed by atoms with E-state index >= 15 is 0 Å². The molecule has 5 nitrogen and oxygen atoms in total. The van der Waals surface area contributed by atoms with E-state index in [9.17, 15) is 9.59 Å². The normalized spacial score (nSPS) is 18.2. The molecule has 0 bridgehead atoms. The molecule has 0 saturated carbocycles. The van der Waals surface area contributed by atoms with E-state index in [1.54, 1.807) is 17.0 Å². The van der Waals surface area contributed by atoms with Gasteiger partial charge >= 0.3 is 5.97 Å². The van der Waals surface area contributed by atoms with E-state index in [0.29, 0.717) is 29.9 Å². The van der Waals surface area contributed by atoms with Crippen molar-refractivity contribution < 1.29 is 14.3 Å². The Kier molecular flexibility index (Phi) is 3.43. The minimum Gasteiger partial charge on any atom is -0.465 e. The van der Waals surface area contributed by atoms with Gasteiger partial charge in [0.1, 0.15) is 0 Å². The van der Waals surface area contributed by atoms with E-state index in [1.165, 1.54) is 13.2 Å². The third-order valence-corrected chi connectivity index (χ3v) is 3.10. The summed E-state index contributed by atoms with van der Waals surface area (Å²) in [4.78, 5) is 24.8. The summed E-state index contributed by atoms with van der Waals surface area (Å²) in [6.45, 7) is 0.455. The van der Waals surface area contributed by atoms with Gasteiger partial charge in [-0.2, -0.15) is 0 Å². The molecule has 0 spiro atoms. The van der Waals surface area contributed by atoms with E-state index in [2.05, 4.69) is 10.7 Å². The van der Waals surface area contributed by atoms with Crippen LogP contribution in [-0.2, 0) is 9.53 Å². The van der Waals surface area contributed by atoms with E-state index < -0.39 is 5.97 Å². The number of nitrogens with two attached hydrogens (primary N) is 1. The summed E-state index contributed by atoms with van der Waals surface area (Å²) in [5, 5.41) is 0. The van der Waals surface area contributed by atoms with Crippen molar-refractivity contribution in [1.29, 1.82) is 0 Å². The molecule has 0 aromatic heterocycles. The van der Waals surface area contributed by atoms with Gasteiger partial charge in [0, 0.05) is 18.9 Å². The lowest BCUT2D eigenvalue weighted by atomic mass is 10.1. The molecule has 0 aliphatic carbocycles. The molecule has 1 unspecified atom stereocenters. The number of ether oxygens (including phenoxy) is 1. The van der Waals surface area contributed by atoms with Crippen LogP contribution in [0.25, 0.3) is 0 Å². The highest BCUT2D eigenvalue weighted by Crippen LogP contribution is 2.30. The number of carbonyl (C=O) groups is 2. The average molecular weight is 258 g/mol. The number of esters is 1. The molecule has 1 aliphatic rings. The fourth-order valence-corrected chi connectivity index (χ4v) is 2.10. The van der Waals surface area contributed by atoms with Gasteiger partial charge in [0.25, 0.3) is 0 Å². The first-order valence-electron chi connectivity index (χ1n) is 5.81. The summed E-state index contributed by atoms with van der Waals surface area (Å²) < 4.78 is 4.61. The van der Waals surface area contributed by atoms with Gasteiger partial charge in [0.2, 0.25) is 5.91 Å². The van der Waals surface area contributed by atoms with Crippen LogP contribution in [0.2, 0.25) is 0 Å². The molecule has 1 saturated heterocycles. The van der Waals surface area contributed by atoms with Crippen LogP contribution in [0.4, 0.5) is 11.4 Å². The number of carbonyl (C=O) groups excluding carboxylic acids is 2. The molecule has 1 heterocycles. The third kappa shape index (κ3) is 2.38. The molecule has 98 valence electrons. The van der Waals surface area contributed by atoms with Crippen LogP contribution in [0.15, 0.2) is 18.2 Å². The lowest BCUT2D eigenvalue weighted by Gasteiger charge is -2.18. The van der Waals surface area contributed by atoms with Gasteiger partial charge < -0.3 is 15.4 Å². The van der Waals surface area contributed by atoms with Crippen molar-refractivity contribution in [3.63, 3.8) is 0 Å². The quantitative estimate of drug-likeness (QED) is 0.489. The first kappa shape index (κ1) is 13.0. The summed E-state index contributed by atoms with van der Waals surface area (Å²) in [7, 11) is 1.30. The summed E-state index contributed by atoms with van der Waals surface area (Å²) in [6, 6.07) is 4.71. The summed E-state index contributed by atoms with van der Waals surface area (Å²) in [6.07, 6.45) is 5.66. The minimum absolute atomic E-state index is 0.0551. The zero-order chi connectivity index (χ0) is 14.0. The topological polar surface area (TPSA) is 72.6 Å². The number of nitrogen functional groups attached to an aromatic ring is 1. The Morgan fingerprint density at radius 1 is 1.58 bits per heavy atom. The van der Waals surface area contributed by atoms with Crippen molar-refractivity contribution in [1.82, 2.24) is 0 Å². The first-order chi connectivity index (χ1) is 9.06. The average Bonchev–Trinajstić information content (AvgIpc) is 2.79. The minimum atomic E-state index is -0.465. The van der Waals surface area contributed by atoms with Crippen LogP contribution >= 0.6 is 0 Å². The van der Waals surface area contributed by atoms with Crippen molar-refractivity contribution >= 4 is 23.3 Å². The van der Waals surface area contributed by atoms with E-state index in [4.69, 9.17) is 12.2 Å². The monoisotopic (exact) mass is 258 g/mol. The Balaban J connectivity index is 2.30. The van der Waals surface area contributed by atoms with Gasteiger partial charge in [0.05, 0.1) is 24.0 Å². The molecule has 0 radical (unpaired) electrons. The maximum Gasteiger partial charge on any atom is 0.337 e. The zero-order valence-electron chi connectivity index (χ0n) is 10.6. The molecule has 5 heteroatoms. The number of amides is 1. The van der Waals surface area contributed by atoms with E-state index in [0.717, 1.165) is 0 Å². The maximum atomic E-state index is 11.9. The van der Waals surface area contributed by atoms with Crippen LogP contribution in [-0.4, -0.2) is 25.5 Å². The highest BCUT2D eigenvalue weighted by Gasteiger charge is 2.30. The number of benzene rings is 1. The number of methoxy groups -OCH3 is 1. The van der Waals surface area contributed by atoms with Crippen molar-refractivity contribution in [2.45, 2.75) is 6.42 Å². The Labute approximate surface area is 111 Å². The van der Waals surface area contributed by atoms with Crippen LogP contribution in [0, 0.1) is 18.3 Å². The van der Waals surface area contributed by atoms with Crippen molar-refractivity contribution in [3.8, 4) is 12.3 Å². The predicted molar refractivity (Wildman–Crippen MR) is 71.5 cm³/mol. The molecule has 1 amide bonds. The highest BCUT2D eigenvalue weighted by molar-refractivity contribution is 6.00. The second-order valence-corrected chi connectivity index (χ2v) is 4.34. The smallest absolute Gasteiger partial charge is 0.337 e. The molecule has 1 atom stereocenters. The fourth-order valence-electron chi connectivity index (χ4n) is 2.10. The number of rotatable bonds is 2. The SMILES string of the molecule is C#CC1CC(=O)N(c2ccc(C(=O)OC)cc2N)C1. The van der Waals surface area contributed by atoms with Gasteiger partial charge in [-0.25, -0.2) is 4.79 Å². The van der Waals surface area contributed by atoms with Gasteiger partial charge in [-0.15, -0.1) is 12.3 Å². The molecule has 1 aromatic rings. The molecule has 1 aliphatic heterocycles. The van der Waals surface area contributed by atoms with Crippen LogP contribution < -0.4 is 10.6 Å². The second kappa shape index (κ2) is 5.02. The van der Waals surface area contributed by atoms with Crippen molar-refractivity contribution in [2.24, 2.45) is 5.92 Å². The molecular weight excluding hydrogens is 244 g/mol. The highest BCUT2D eigenvalue weighted by atomic mass is 16.5. The number of hydrogen-bond acceptors (Lipinski definition) is 4. The molecule has 1 aromatic carbocycles. The Morgan fingerprint density at radius 3 is 2.84 bits per heavy atom. The summed E-state index contributed by atoms with van der Waals surface area (Å²) >= 11 is 0. The number of anilines is 2.